The van der Waals surface area contributed by atoms with E-state index in [0.717, 1.165) is 23.5 Å². The fraction of sp³-hybridized carbons (Fsp3) is 0.286. The first kappa shape index (κ1) is 11.3. The third-order valence-electron chi connectivity index (χ3n) is 3.68. The lowest BCUT2D eigenvalue weighted by Crippen LogP contribution is -1.94. The first-order valence-electron chi connectivity index (χ1n) is 6.62. The van der Waals surface area contributed by atoms with Crippen LogP contribution < -0.4 is 0 Å². The molecular formula is C14H13N5O. The van der Waals surface area contributed by atoms with Crippen molar-refractivity contribution < 1.29 is 4.52 Å². The molecule has 20 heavy (non-hydrogen) atoms. The van der Waals surface area contributed by atoms with E-state index in [4.69, 9.17) is 4.52 Å². The molecule has 2 aromatic heterocycles. The number of rotatable bonds is 3. The monoisotopic (exact) mass is 267 g/mol. The second kappa shape index (κ2) is 4.26. The highest BCUT2D eigenvalue weighted by molar-refractivity contribution is 5.55. The van der Waals surface area contributed by atoms with Crippen molar-refractivity contribution in [1.82, 2.24) is 25.1 Å². The van der Waals surface area contributed by atoms with E-state index >= 15 is 0 Å². The molecule has 6 heteroatoms. The number of aromatic nitrogens is 5. The zero-order valence-electron chi connectivity index (χ0n) is 11.0. The fourth-order valence-electron chi connectivity index (χ4n) is 2.29. The van der Waals surface area contributed by atoms with Gasteiger partial charge in [-0.3, -0.25) is 0 Å². The third kappa shape index (κ3) is 1.89. The van der Waals surface area contributed by atoms with E-state index in [0.29, 0.717) is 17.7 Å². The summed E-state index contributed by atoms with van der Waals surface area (Å²) in [5.41, 5.74) is 1.86. The largest absolute Gasteiger partial charge is 0.334 e. The average molecular weight is 267 g/mol. The van der Waals surface area contributed by atoms with Crippen molar-refractivity contribution in [2.45, 2.75) is 19.3 Å². The standard InChI is InChI=1S/C14H13N5O/c1-9-8-12(9)13-16-14(20-17-13)10-2-4-11(5-3-10)19-7-6-15-18-19/h2-7,9,12H,8H2,1H3. The molecule has 0 aliphatic heterocycles. The molecule has 0 spiro atoms. The molecule has 0 bridgehead atoms. The molecule has 100 valence electrons. The van der Waals surface area contributed by atoms with Gasteiger partial charge in [-0.1, -0.05) is 17.3 Å². The Morgan fingerprint density at radius 2 is 2.05 bits per heavy atom. The topological polar surface area (TPSA) is 69.6 Å². The van der Waals surface area contributed by atoms with E-state index in [9.17, 15) is 0 Å². The molecule has 0 saturated heterocycles. The van der Waals surface area contributed by atoms with Gasteiger partial charge in [0, 0.05) is 11.5 Å². The smallest absolute Gasteiger partial charge is 0.257 e. The van der Waals surface area contributed by atoms with Crippen molar-refractivity contribution in [3.8, 4) is 17.1 Å². The molecule has 1 saturated carbocycles. The number of hydrogen-bond acceptors (Lipinski definition) is 5. The zero-order valence-corrected chi connectivity index (χ0v) is 11.0. The van der Waals surface area contributed by atoms with Gasteiger partial charge in [-0.05, 0) is 36.6 Å². The first-order valence-corrected chi connectivity index (χ1v) is 6.62. The number of nitrogens with zero attached hydrogens (tertiary/aromatic N) is 5. The quantitative estimate of drug-likeness (QED) is 0.729. The van der Waals surface area contributed by atoms with Gasteiger partial charge in [0.15, 0.2) is 5.82 Å². The van der Waals surface area contributed by atoms with Gasteiger partial charge in [0.1, 0.15) is 0 Å². The summed E-state index contributed by atoms with van der Waals surface area (Å²) in [7, 11) is 0. The van der Waals surface area contributed by atoms with Gasteiger partial charge in [0.25, 0.3) is 5.89 Å². The predicted molar refractivity (Wildman–Crippen MR) is 71.2 cm³/mol. The molecule has 0 N–H and O–H groups in total. The van der Waals surface area contributed by atoms with Crippen molar-refractivity contribution in [1.29, 1.82) is 0 Å². The highest BCUT2D eigenvalue weighted by Gasteiger charge is 2.38. The van der Waals surface area contributed by atoms with Crippen molar-refractivity contribution in [2.24, 2.45) is 5.92 Å². The summed E-state index contributed by atoms with van der Waals surface area (Å²) in [5.74, 6) is 2.55. The van der Waals surface area contributed by atoms with Crippen LogP contribution in [-0.4, -0.2) is 25.1 Å². The summed E-state index contributed by atoms with van der Waals surface area (Å²) in [6.45, 7) is 2.20. The highest BCUT2D eigenvalue weighted by Crippen LogP contribution is 2.45. The molecular weight excluding hydrogens is 254 g/mol. The van der Waals surface area contributed by atoms with Gasteiger partial charge >= 0.3 is 0 Å². The summed E-state index contributed by atoms with van der Waals surface area (Å²) in [5, 5.41) is 11.8. The maximum atomic E-state index is 5.34. The minimum Gasteiger partial charge on any atom is -0.334 e. The summed E-state index contributed by atoms with van der Waals surface area (Å²) < 4.78 is 7.04. The Hall–Kier alpha value is -2.50. The average Bonchev–Trinajstić information content (AvgIpc) is 2.96. The Kier molecular flexibility index (Phi) is 2.42. The number of hydrogen-bond donors (Lipinski definition) is 0. The van der Waals surface area contributed by atoms with Crippen LogP contribution in [0.2, 0.25) is 0 Å². The van der Waals surface area contributed by atoms with Crippen molar-refractivity contribution >= 4 is 0 Å². The molecule has 2 atom stereocenters. The van der Waals surface area contributed by atoms with E-state index in [-0.39, 0.29) is 0 Å². The molecule has 1 fully saturated rings. The Morgan fingerprint density at radius 1 is 1.25 bits per heavy atom. The summed E-state index contributed by atoms with van der Waals surface area (Å²) in [6.07, 6.45) is 4.60. The molecule has 6 nitrogen and oxygen atoms in total. The first-order chi connectivity index (χ1) is 9.81. The molecule has 3 aromatic rings. The van der Waals surface area contributed by atoms with Crippen LogP contribution in [0.3, 0.4) is 0 Å². The second-order valence-electron chi connectivity index (χ2n) is 5.17. The second-order valence-corrected chi connectivity index (χ2v) is 5.17. The van der Waals surface area contributed by atoms with Crippen molar-refractivity contribution in [3.63, 3.8) is 0 Å². The molecule has 2 unspecified atom stereocenters. The third-order valence-corrected chi connectivity index (χ3v) is 3.68. The van der Waals surface area contributed by atoms with Crippen LogP contribution in [0.25, 0.3) is 17.1 Å². The highest BCUT2D eigenvalue weighted by atomic mass is 16.5. The Bertz CT molecular complexity index is 716. The van der Waals surface area contributed by atoms with Crippen molar-refractivity contribution in [2.75, 3.05) is 0 Å². The SMILES string of the molecule is CC1CC1c1noc(-c2ccc(-n3ccnn3)cc2)n1. The van der Waals surface area contributed by atoms with Crippen LogP contribution >= 0.6 is 0 Å². The molecule has 4 rings (SSSR count). The van der Waals surface area contributed by atoms with Gasteiger partial charge in [0.2, 0.25) is 0 Å². The van der Waals surface area contributed by atoms with Crippen LogP contribution in [0.1, 0.15) is 25.1 Å². The summed E-state index contributed by atoms with van der Waals surface area (Å²) in [4.78, 5) is 4.47. The minimum absolute atomic E-state index is 0.474. The molecule has 1 aliphatic carbocycles. The Labute approximate surface area is 115 Å². The van der Waals surface area contributed by atoms with Gasteiger partial charge < -0.3 is 4.52 Å². The van der Waals surface area contributed by atoms with Gasteiger partial charge in [-0.25, -0.2) is 4.68 Å². The van der Waals surface area contributed by atoms with E-state index in [1.165, 1.54) is 0 Å². The van der Waals surface area contributed by atoms with Crippen LogP contribution in [0.15, 0.2) is 41.2 Å². The van der Waals surface area contributed by atoms with Gasteiger partial charge in [-0.2, -0.15) is 4.98 Å². The van der Waals surface area contributed by atoms with Crippen LogP contribution in [0, 0.1) is 5.92 Å². The minimum atomic E-state index is 0.474. The van der Waals surface area contributed by atoms with E-state index < -0.39 is 0 Å². The maximum Gasteiger partial charge on any atom is 0.257 e. The predicted octanol–water partition coefficient (Wildman–Crippen LogP) is 2.44. The number of benzene rings is 1. The Balaban J connectivity index is 1.61. The fourth-order valence-corrected chi connectivity index (χ4v) is 2.29. The maximum absolute atomic E-state index is 5.34. The zero-order chi connectivity index (χ0) is 13.5. The molecule has 0 amide bonds. The lowest BCUT2D eigenvalue weighted by Gasteiger charge is -2.00. The van der Waals surface area contributed by atoms with Gasteiger partial charge in [0.05, 0.1) is 18.1 Å². The lowest BCUT2D eigenvalue weighted by molar-refractivity contribution is 0.422. The van der Waals surface area contributed by atoms with E-state index in [1.807, 2.05) is 24.3 Å². The normalized spacial score (nSPS) is 21.1. The van der Waals surface area contributed by atoms with Crippen LogP contribution in [-0.2, 0) is 0 Å². The Morgan fingerprint density at radius 3 is 2.70 bits per heavy atom. The van der Waals surface area contributed by atoms with Crippen LogP contribution in [0.5, 0.6) is 0 Å². The van der Waals surface area contributed by atoms with E-state index in [2.05, 4.69) is 27.4 Å². The molecule has 2 heterocycles. The molecule has 1 aromatic carbocycles. The van der Waals surface area contributed by atoms with Gasteiger partial charge in [-0.15, -0.1) is 5.10 Å². The molecule has 1 aliphatic rings. The molecule has 0 radical (unpaired) electrons. The summed E-state index contributed by atoms with van der Waals surface area (Å²) >= 11 is 0. The van der Waals surface area contributed by atoms with Crippen LogP contribution in [0.4, 0.5) is 0 Å². The lowest BCUT2D eigenvalue weighted by atomic mass is 10.2. The van der Waals surface area contributed by atoms with E-state index in [1.54, 1.807) is 17.1 Å². The summed E-state index contributed by atoms with van der Waals surface area (Å²) in [6, 6.07) is 7.80. The van der Waals surface area contributed by atoms with Crippen molar-refractivity contribution in [3.05, 3.63) is 42.5 Å².